The molecule has 3 amide bonds. The number of hydrogen-bond acceptors (Lipinski definition) is 7. The Morgan fingerprint density at radius 1 is 1.29 bits per heavy atom. The molecule has 0 atom stereocenters. The number of thiazole rings is 1. The van der Waals surface area contributed by atoms with Gasteiger partial charge in [-0.25, -0.2) is 4.98 Å². The molecule has 0 radical (unpaired) electrons. The van der Waals surface area contributed by atoms with Crippen molar-refractivity contribution in [1.29, 1.82) is 0 Å². The average Bonchev–Trinajstić information content (AvgIpc) is 3.53. The Balaban J connectivity index is 1.67. The van der Waals surface area contributed by atoms with Crippen molar-refractivity contribution in [2.24, 2.45) is 5.92 Å². The molecule has 31 heavy (non-hydrogen) atoms. The molecule has 0 bridgehead atoms. The lowest BCUT2D eigenvalue weighted by Gasteiger charge is -2.13. The molecule has 0 spiro atoms. The van der Waals surface area contributed by atoms with Gasteiger partial charge in [-0.2, -0.15) is 0 Å². The Morgan fingerprint density at radius 2 is 2.03 bits per heavy atom. The minimum atomic E-state index is -0.298. The second kappa shape index (κ2) is 10.5. The van der Waals surface area contributed by atoms with Gasteiger partial charge in [0.25, 0.3) is 5.91 Å². The number of rotatable bonds is 10. The lowest BCUT2D eigenvalue weighted by Crippen LogP contribution is -2.34. The molecule has 1 aromatic carbocycles. The lowest BCUT2D eigenvalue weighted by atomic mass is 10.1. The molecular formula is C21H24N4O4S2. The summed E-state index contributed by atoms with van der Waals surface area (Å²) in [6, 6.07) is 3.59. The lowest BCUT2D eigenvalue weighted by molar-refractivity contribution is -0.117. The van der Waals surface area contributed by atoms with Crippen LogP contribution in [-0.2, 0) is 9.59 Å². The van der Waals surface area contributed by atoms with Crippen LogP contribution in [0.25, 0.3) is 0 Å². The van der Waals surface area contributed by atoms with Crippen molar-refractivity contribution in [3.05, 3.63) is 42.1 Å². The van der Waals surface area contributed by atoms with Crippen molar-refractivity contribution >= 4 is 46.0 Å². The molecule has 1 saturated carbocycles. The molecule has 0 unspecified atom stereocenters. The minimum absolute atomic E-state index is 0.0229. The van der Waals surface area contributed by atoms with E-state index in [-0.39, 0.29) is 30.2 Å². The molecule has 1 fully saturated rings. The Hall–Kier alpha value is -2.85. The maximum absolute atomic E-state index is 12.7. The van der Waals surface area contributed by atoms with Crippen LogP contribution in [0.15, 0.2) is 40.1 Å². The van der Waals surface area contributed by atoms with E-state index >= 15 is 0 Å². The molecule has 1 aliphatic carbocycles. The molecule has 2 aromatic rings. The molecule has 164 valence electrons. The molecule has 1 heterocycles. The first-order valence-electron chi connectivity index (χ1n) is 9.73. The van der Waals surface area contributed by atoms with Crippen molar-refractivity contribution < 1.29 is 19.1 Å². The van der Waals surface area contributed by atoms with Gasteiger partial charge in [-0.05, 0) is 43.5 Å². The average molecular weight is 461 g/mol. The first-order chi connectivity index (χ1) is 14.9. The number of anilines is 1. The highest BCUT2D eigenvalue weighted by Gasteiger charge is 2.30. The third-order valence-corrected chi connectivity index (χ3v) is 6.68. The summed E-state index contributed by atoms with van der Waals surface area (Å²) in [6.07, 6.45) is 4.77. The Morgan fingerprint density at radius 3 is 2.71 bits per heavy atom. The number of ether oxygens (including phenoxy) is 1. The van der Waals surface area contributed by atoms with E-state index in [1.807, 2.05) is 13.0 Å². The minimum Gasteiger partial charge on any atom is -0.496 e. The van der Waals surface area contributed by atoms with Gasteiger partial charge < -0.3 is 20.7 Å². The van der Waals surface area contributed by atoms with Gasteiger partial charge in [0, 0.05) is 23.9 Å². The van der Waals surface area contributed by atoms with E-state index in [2.05, 4.69) is 27.5 Å². The van der Waals surface area contributed by atoms with E-state index in [9.17, 15) is 14.4 Å². The highest BCUT2D eigenvalue weighted by Crippen LogP contribution is 2.38. The number of amides is 3. The third kappa shape index (κ3) is 6.31. The number of aromatic nitrogens is 1. The van der Waals surface area contributed by atoms with Gasteiger partial charge in [-0.15, -0.1) is 0 Å². The zero-order chi connectivity index (χ0) is 22.4. The van der Waals surface area contributed by atoms with Gasteiger partial charge in [-0.3, -0.25) is 14.4 Å². The predicted molar refractivity (Wildman–Crippen MR) is 121 cm³/mol. The molecule has 3 N–H and O–H groups in total. The molecule has 0 saturated heterocycles. The third-order valence-electron chi connectivity index (χ3n) is 4.51. The maximum Gasteiger partial charge on any atom is 0.255 e. The summed E-state index contributed by atoms with van der Waals surface area (Å²) in [4.78, 5) is 40.9. The summed E-state index contributed by atoms with van der Waals surface area (Å²) >= 11 is 2.87. The van der Waals surface area contributed by atoms with Crippen molar-refractivity contribution in [2.45, 2.75) is 28.9 Å². The molecule has 1 aliphatic rings. The molecule has 8 nitrogen and oxygen atoms in total. The van der Waals surface area contributed by atoms with Crippen molar-refractivity contribution in [3.63, 3.8) is 0 Å². The number of carbonyl (C=O) groups excluding carboxylic acids is 3. The quantitative estimate of drug-likeness (QED) is 0.371. The number of benzene rings is 1. The summed E-state index contributed by atoms with van der Waals surface area (Å²) in [7, 11) is 1.51. The Bertz CT molecular complexity index is 1000. The van der Waals surface area contributed by atoms with Crippen LogP contribution in [-0.4, -0.2) is 42.9 Å². The number of carbonyl (C=O) groups is 3. The van der Waals surface area contributed by atoms with Crippen LogP contribution in [0.2, 0.25) is 0 Å². The number of nitrogens with one attached hydrogen (secondary N) is 3. The normalized spacial score (nSPS) is 12.7. The van der Waals surface area contributed by atoms with E-state index in [0.29, 0.717) is 23.0 Å². The van der Waals surface area contributed by atoms with Gasteiger partial charge in [0.2, 0.25) is 11.8 Å². The predicted octanol–water partition coefficient (Wildman–Crippen LogP) is 2.99. The fourth-order valence-corrected chi connectivity index (χ4v) is 4.62. The number of methoxy groups -OCH3 is 1. The number of aryl methyl sites for hydroxylation is 1. The molecule has 3 rings (SSSR count). The van der Waals surface area contributed by atoms with Crippen LogP contribution in [0.5, 0.6) is 5.75 Å². The Labute approximate surface area is 188 Å². The summed E-state index contributed by atoms with van der Waals surface area (Å²) in [5.41, 5.74) is 1.35. The summed E-state index contributed by atoms with van der Waals surface area (Å²) in [6.45, 7) is 5.89. The monoisotopic (exact) mass is 460 g/mol. The van der Waals surface area contributed by atoms with Gasteiger partial charge in [0.05, 0.1) is 23.1 Å². The standard InChI is InChI=1S/C21H24N4O4S2/c1-4-17(26)22-7-8-23-20(28)14-10-16(12(2)9-15(14)29-3)30-18-11-24-21(31-18)25-19(27)13-5-6-13/h4,9-11,13H,1,5-8H2,2-3H3,(H,22,26)(H,23,28)(H,24,25,27). The van der Waals surface area contributed by atoms with Crippen LogP contribution in [0.4, 0.5) is 5.13 Å². The van der Waals surface area contributed by atoms with Crippen molar-refractivity contribution in [3.8, 4) is 5.75 Å². The SMILES string of the molecule is C=CC(=O)NCCNC(=O)c1cc(Sc2cnc(NC(=O)C3CC3)s2)c(C)cc1OC. The van der Waals surface area contributed by atoms with Crippen molar-refractivity contribution in [2.75, 3.05) is 25.5 Å². The number of nitrogens with zero attached hydrogens (tertiary/aromatic N) is 1. The first kappa shape index (κ1) is 22.8. The second-order valence-corrected chi connectivity index (χ2v) is 9.29. The van der Waals surface area contributed by atoms with E-state index in [1.165, 1.54) is 36.3 Å². The van der Waals surface area contributed by atoms with Gasteiger partial charge in [0.1, 0.15) is 5.75 Å². The first-order valence-corrected chi connectivity index (χ1v) is 11.4. The summed E-state index contributed by atoms with van der Waals surface area (Å²) in [5.74, 6) is 0.0206. The zero-order valence-electron chi connectivity index (χ0n) is 17.3. The summed E-state index contributed by atoms with van der Waals surface area (Å²) < 4.78 is 6.28. The Kier molecular flexibility index (Phi) is 7.69. The molecule has 10 heteroatoms. The van der Waals surface area contributed by atoms with Crippen LogP contribution in [0.1, 0.15) is 28.8 Å². The van der Waals surface area contributed by atoms with Crippen LogP contribution < -0.4 is 20.7 Å². The fraction of sp³-hybridized carbons (Fsp3) is 0.333. The smallest absolute Gasteiger partial charge is 0.255 e. The highest BCUT2D eigenvalue weighted by atomic mass is 32.2. The van der Waals surface area contributed by atoms with Crippen molar-refractivity contribution in [1.82, 2.24) is 15.6 Å². The van der Waals surface area contributed by atoms with Crippen LogP contribution in [0, 0.1) is 12.8 Å². The van der Waals surface area contributed by atoms with Gasteiger partial charge >= 0.3 is 0 Å². The van der Waals surface area contributed by atoms with Crippen LogP contribution >= 0.6 is 23.1 Å². The van der Waals surface area contributed by atoms with E-state index in [0.717, 1.165) is 27.5 Å². The molecule has 1 aromatic heterocycles. The maximum atomic E-state index is 12.7. The fourth-order valence-electron chi connectivity index (χ4n) is 2.67. The van der Waals surface area contributed by atoms with E-state index in [4.69, 9.17) is 4.74 Å². The zero-order valence-corrected chi connectivity index (χ0v) is 19.0. The molecule has 0 aliphatic heterocycles. The number of hydrogen-bond donors (Lipinski definition) is 3. The largest absolute Gasteiger partial charge is 0.496 e. The summed E-state index contributed by atoms with van der Waals surface area (Å²) in [5, 5.41) is 8.80. The molecular weight excluding hydrogens is 436 g/mol. The van der Waals surface area contributed by atoms with Crippen LogP contribution in [0.3, 0.4) is 0 Å². The topological polar surface area (TPSA) is 109 Å². The second-order valence-electron chi connectivity index (χ2n) is 6.92. The van der Waals surface area contributed by atoms with Gasteiger partial charge in [0.15, 0.2) is 5.13 Å². The highest BCUT2D eigenvalue weighted by molar-refractivity contribution is 8.01. The van der Waals surface area contributed by atoms with E-state index < -0.39 is 0 Å². The van der Waals surface area contributed by atoms with E-state index in [1.54, 1.807) is 12.3 Å². The van der Waals surface area contributed by atoms with Gasteiger partial charge in [-0.1, -0.05) is 29.7 Å².